The first-order valence-electron chi connectivity index (χ1n) is 7.51. The van der Waals surface area contributed by atoms with E-state index in [0.717, 1.165) is 12.1 Å². The molecule has 0 aliphatic carbocycles. The van der Waals surface area contributed by atoms with Gasteiger partial charge in [0.25, 0.3) is 0 Å². The molecule has 0 amide bonds. The molecule has 2 atom stereocenters. The van der Waals surface area contributed by atoms with Gasteiger partial charge >= 0.3 is 51.4 Å². The second-order valence-electron chi connectivity index (χ2n) is 5.53. The van der Waals surface area contributed by atoms with Crippen molar-refractivity contribution in [3.05, 3.63) is 35.6 Å². The van der Waals surface area contributed by atoms with Gasteiger partial charge < -0.3 is 19.7 Å². The molecule has 1 saturated heterocycles. The molecule has 1 aliphatic rings. The number of morpholine rings is 1. The quantitative estimate of drug-likeness (QED) is 0.544. The summed E-state index contributed by atoms with van der Waals surface area (Å²) in [5.41, 5.74) is 0.915. The number of aliphatic hydroxyl groups is 1. The first-order valence-corrected chi connectivity index (χ1v) is 7.51. The Labute approximate surface area is 178 Å². The summed E-state index contributed by atoms with van der Waals surface area (Å²) in [6, 6.07) is 6.23. The first kappa shape index (κ1) is 21.2. The Kier molecular flexibility index (Phi) is 10.0. The SMILES string of the molecule is O=C([O-])C(CCO)CCN1CCOC(c2ccc(F)cc2)C1.[K+]. The summed E-state index contributed by atoms with van der Waals surface area (Å²) < 4.78 is 18.7. The van der Waals surface area contributed by atoms with Crippen molar-refractivity contribution in [3.8, 4) is 0 Å². The molecule has 0 saturated carbocycles. The van der Waals surface area contributed by atoms with Crippen molar-refractivity contribution in [2.45, 2.75) is 18.9 Å². The molecule has 2 rings (SSSR count). The number of carbonyl (C=O) groups is 1. The van der Waals surface area contributed by atoms with Crippen molar-refractivity contribution in [1.29, 1.82) is 0 Å². The van der Waals surface area contributed by atoms with Gasteiger partial charge in [0, 0.05) is 31.6 Å². The van der Waals surface area contributed by atoms with E-state index in [0.29, 0.717) is 26.1 Å². The Balaban J connectivity index is 0.00000264. The van der Waals surface area contributed by atoms with Gasteiger partial charge in [0.05, 0.1) is 12.7 Å². The average Bonchev–Trinajstić information content (AvgIpc) is 2.52. The van der Waals surface area contributed by atoms with Gasteiger partial charge in [0.15, 0.2) is 0 Å². The smallest absolute Gasteiger partial charge is 0.550 e. The molecule has 122 valence electrons. The third-order valence-electron chi connectivity index (χ3n) is 4.00. The number of carbonyl (C=O) groups excluding carboxylic acids is 1. The van der Waals surface area contributed by atoms with E-state index in [1.165, 1.54) is 12.1 Å². The third kappa shape index (κ3) is 6.87. The molecule has 1 fully saturated rings. The number of hydrogen-bond donors (Lipinski definition) is 1. The van der Waals surface area contributed by atoms with Gasteiger partial charge in [-0.3, -0.25) is 4.90 Å². The molecule has 2 unspecified atom stereocenters. The van der Waals surface area contributed by atoms with E-state index in [9.17, 15) is 14.3 Å². The van der Waals surface area contributed by atoms with Crippen molar-refractivity contribution in [2.24, 2.45) is 5.92 Å². The standard InChI is InChI=1S/C16H22FNO4.K/c17-14-3-1-12(2-4-14)15-11-18(8-10-22-15)7-5-13(6-9-19)16(20)21;/h1-4,13,15,19H,5-11H2,(H,20,21);/q;+1/p-1. The normalized spacial score (nSPS) is 19.8. The van der Waals surface area contributed by atoms with Crippen LogP contribution in [0.3, 0.4) is 0 Å². The van der Waals surface area contributed by atoms with E-state index in [4.69, 9.17) is 9.84 Å². The first-order chi connectivity index (χ1) is 10.6. The van der Waals surface area contributed by atoms with Crippen LogP contribution in [0.5, 0.6) is 0 Å². The van der Waals surface area contributed by atoms with Crippen LogP contribution < -0.4 is 56.5 Å². The van der Waals surface area contributed by atoms with Crippen LogP contribution in [0.4, 0.5) is 4.39 Å². The molecule has 1 heterocycles. The minimum atomic E-state index is -1.11. The van der Waals surface area contributed by atoms with Crippen molar-refractivity contribution >= 4 is 5.97 Å². The van der Waals surface area contributed by atoms with Gasteiger partial charge in [-0.1, -0.05) is 12.1 Å². The third-order valence-corrected chi connectivity index (χ3v) is 4.00. The van der Waals surface area contributed by atoms with E-state index in [1.54, 1.807) is 12.1 Å². The molecule has 0 bridgehead atoms. The topological polar surface area (TPSA) is 72.8 Å². The minimum absolute atomic E-state index is 0. The molecule has 1 aromatic carbocycles. The van der Waals surface area contributed by atoms with Gasteiger partial charge in [-0.15, -0.1) is 0 Å². The largest absolute Gasteiger partial charge is 1.00 e. The molecule has 7 heteroatoms. The monoisotopic (exact) mass is 349 g/mol. The summed E-state index contributed by atoms with van der Waals surface area (Å²) in [5.74, 6) is -2.02. The maximum Gasteiger partial charge on any atom is 1.00 e. The van der Waals surface area contributed by atoms with Gasteiger partial charge in [-0.05, 0) is 37.1 Å². The zero-order chi connectivity index (χ0) is 15.9. The molecule has 0 radical (unpaired) electrons. The van der Waals surface area contributed by atoms with Crippen molar-refractivity contribution in [2.75, 3.05) is 32.8 Å². The zero-order valence-electron chi connectivity index (χ0n) is 13.4. The minimum Gasteiger partial charge on any atom is -0.550 e. The zero-order valence-corrected chi connectivity index (χ0v) is 16.5. The molecule has 1 aromatic rings. The summed E-state index contributed by atoms with van der Waals surface area (Å²) in [6.07, 6.45) is 0.529. The molecule has 0 aromatic heterocycles. The number of benzene rings is 1. The van der Waals surface area contributed by atoms with E-state index >= 15 is 0 Å². The number of hydrogen-bond acceptors (Lipinski definition) is 5. The Morgan fingerprint density at radius 2 is 2.09 bits per heavy atom. The van der Waals surface area contributed by atoms with E-state index in [-0.39, 0.29) is 76.3 Å². The molecule has 0 spiro atoms. The van der Waals surface area contributed by atoms with Gasteiger partial charge in [0.2, 0.25) is 0 Å². The summed E-state index contributed by atoms with van der Waals surface area (Å²) in [5, 5.41) is 19.9. The van der Waals surface area contributed by atoms with Crippen LogP contribution in [-0.4, -0.2) is 48.8 Å². The van der Waals surface area contributed by atoms with Crippen LogP contribution in [0.2, 0.25) is 0 Å². The fraction of sp³-hybridized carbons (Fsp3) is 0.562. The number of ether oxygens (including phenoxy) is 1. The van der Waals surface area contributed by atoms with Crippen molar-refractivity contribution in [1.82, 2.24) is 4.90 Å². The number of halogens is 1. The summed E-state index contributed by atoms with van der Waals surface area (Å²) in [6.45, 7) is 2.39. The Bertz CT molecular complexity index is 485. The average molecular weight is 349 g/mol. The van der Waals surface area contributed by atoms with Crippen LogP contribution >= 0.6 is 0 Å². The van der Waals surface area contributed by atoms with E-state index < -0.39 is 11.9 Å². The molecule has 5 nitrogen and oxygen atoms in total. The Morgan fingerprint density at radius 1 is 1.39 bits per heavy atom. The number of carboxylic acid groups (broad SMARTS) is 1. The molecule has 1 aliphatic heterocycles. The number of aliphatic hydroxyl groups excluding tert-OH is 1. The Hall–Kier alpha value is 0.136. The number of aliphatic carboxylic acids is 1. The van der Waals surface area contributed by atoms with E-state index in [1.807, 2.05) is 0 Å². The van der Waals surface area contributed by atoms with Gasteiger partial charge in [-0.25, -0.2) is 4.39 Å². The number of nitrogens with zero attached hydrogens (tertiary/aromatic N) is 1. The molecular weight excluding hydrogens is 328 g/mol. The maximum absolute atomic E-state index is 13.0. The maximum atomic E-state index is 13.0. The van der Waals surface area contributed by atoms with Crippen LogP contribution in [0, 0.1) is 11.7 Å². The van der Waals surface area contributed by atoms with Crippen LogP contribution in [0.1, 0.15) is 24.5 Å². The summed E-state index contributed by atoms with van der Waals surface area (Å²) in [4.78, 5) is 13.1. The number of rotatable bonds is 7. The van der Waals surface area contributed by atoms with Crippen LogP contribution in [-0.2, 0) is 9.53 Å². The second kappa shape index (κ2) is 10.9. The van der Waals surface area contributed by atoms with Crippen molar-refractivity contribution in [3.63, 3.8) is 0 Å². The predicted molar refractivity (Wildman–Crippen MR) is 76.3 cm³/mol. The fourth-order valence-electron chi connectivity index (χ4n) is 2.66. The fourth-order valence-corrected chi connectivity index (χ4v) is 2.66. The van der Waals surface area contributed by atoms with Crippen LogP contribution in [0.25, 0.3) is 0 Å². The van der Waals surface area contributed by atoms with Gasteiger partial charge in [0.1, 0.15) is 5.82 Å². The number of carboxylic acids is 1. The van der Waals surface area contributed by atoms with Gasteiger partial charge in [-0.2, -0.15) is 0 Å². The summed E-state index contributed by atoms with van der Waals surface area (Å²) >= 11 is 0. The molecule has 1 N–H and O–H groups in total. The summed E-state index contributed by atoms with van der Waals surface area (Å²) in [7, 11) is 0. The van der Waals surface area contributed by atoms with Crippen molar-refractivity contribution < 1.29 is 75.5 Å². The molecule has 23 heavy (non-hydrogen) atoms. The predicted octanol–water partition coefficient (Wildman–Crippen LogP) is -2.66. The second-order valence-corrected chi connectivity index (χ2v) is 5.53. The molecular formula is C16H21FKNO4. The van der Waals surface area contributed by atoms with Crippen LogP contribution in [0.15, 0.2) is 24.3 Å². The van der Waals surface area contributed by atoms with E-state index in [2.05, 4.69) is 4.90 Å². The Morgan fingerprint density at radius 3 is 2.70 bits per heavy atom.